The summed E-state index contributed by atoms with van der Waals surface area (Å²) in [5.74, 6) is 0.940. The van der Waals surface area contributed by atoms with E-state index in [1.54, 1.807) is 12.4 Å². The normalized spacial score (nSPS) is 22.9. The van der Waals surface area contributed by atoms with Crippen molar-refractivity contribution in [2.24, 2.45) is 5.73 Å². The summed E-state index contributed by atoms with van der Waals surface area (Å²) in [6.07, 6.45) is 5.45. The molecule has 6 nitrogen and oxygen atoms in total. The third kappa shape index (κ3) is 2.29. The molecule has 2 aromatic rings. The van der Waals surface area contributed by atoms with E-state index in [9.17, 15) is 0 Å². The Balaban J connectivity index is 1.98. The fourth-order valence-electron chi connectivity index (χ4n) is 2.67. The first-order valence-electron chi connectivity index (χ1n) is 6.50. The van der Waals surface area contributed by atoms with E-state index in [0.717, 1.165) is 24.4 Å². The summed E-state index contributed by atoms with van der Waals surface area (Å²) in [6, 6.07) is 1.97. The standard InChI is InChI=1S/C13H19N5O/c1-13(2)9-17(8-10(7-14)19-13)12-11-3-4-16-18(11)6-5-15-12/h3-6,10H,7-9,14H2,1-2H3. The molecule has 3 rings (SSSR count). The third-order valence-electron chi connectivity index (χ3n) is 3.35. The van der Waals surface area contributed by atoms with Crippen LogP contribution in [0.25, 0.3) is 5.52 Å². The monoisotopic (exact) mass is 261 g/mol. The highest BCUT2D eigenvalue weighted by Crippen LogP contribution is 2.26. The molecule has 1 fully saturated rings. The lowest BCUT2D eigenvalue weighted by molar-refractivity contribution is -0.0789. The van der Waals surface area contributed by atoms with Crippen LogP contribution in [-0.4, -0.2) is 45.9 Å². The van der Waals surface area contributed by atoms with Gasteiger partial charge < -0.3 is 15.4 Å². The van der Waals surface area contributed by atoms with E-state index in [4.69, 9.17) is 10.5 Å². The Bertz CT molecular complexity index is 579. The number of nitrogens with zero attached hydrogens (tertiary/aromatic N) is 4. The van der Waals surface area contributed by atoms with Crippen molar-refractivity contribution in [2.75, 3.05) is 24.5 Å². The number of anilines is 1. The van der Waals surface area contributed by atoms with Crippen LogP contribution >= 0.6 is 0 Å². The molecule has 1 aliphatic heterocycles. The molecular formula is C13H19N5O. The zero-order chi connectivity index (χ0) is 13.5. The van der Waals surface area contributed by atoms with Gasteiger partial charge in [0.2, 0.25) is 0 Å². The summed E-state index contributed by atoms with van der Waals surface area (Å²) in [5.41, 5.74) is 6.55. The Morgan fingerprint density at radius 1 is 1.47 bits per heavy atom. The van der Waals surface area contributed by atoms with E-state index in [0.29, 0.717) is 6.54 Å². The van der Waals surface area contributed by atoms with Crippen LogP contribution in [0.3, 0.4) is 0 Å². The summed E-state index contributed by atoms with van der Waals surface area (Å²) in [4.78, 5) is 6.74. The van der Waals surface area contributed by atoms with Crippen LogP contribution < -0.4 is 10.6 Å². The first kappa shape index (κ1) is 12.4. The molecular weight excluding hydrogens is 242 g/mol. The highest BCUT2D eigenvalue weighted by Gasteiger charge is 2.34. The van der Waals surface area contributed by atoms with Crippen LogP contribution in [-0.2, 0) is 4.74 Å². The van der Waals surface area contributed by atoms with Crippen LogP contribution in [0.4, 0.5) is 5.82 Å². The number of aromatic nitrogens is 3. The predicted molar refractivity (Wildman–Crippen MR) is 73.2 cm³/mol. The van der Waals surface area contributed by atoms with Gasteiger partial charge in [0.25, 0.3) is 0 Å². The van der Waals surface area contributed by atoms with Crippen LogP contribution in [0, 0.1) is 0 Å². The van der Waals surface area contributed by atoms with Gasteiger partial charge in [-0.1, -0.05) is 0 Å². The molecule has 102 valence electrons. The smallest absolute Gasteiger partial charge is 0.154 e. The van der Waals surface area contributed by atoms with Crippen molar-refractivity contribution in [1.82, 2.24) is 14.6 Å². The van der Waals surface area contributed by atoms with E-state index in [1.807, 2.05) is 16.8 Å². The van der Waals surface area contributed by atoms with E-state index in [2.05, 4.69) is 28.8 Å². The molecule has 3 heterocycles. The maximum atomic E-state index is 5.95. The number of fused-ring (bicyclic) bond motifs is 1. The molecule has 2 aromatic heterocycles. The zero-order valence-corrected chi connectivity index (χ0v) is 11.3. The maximum absolute atomic E-state index is 5.95. The summed E-state index contributed by atoms with van der Waals surface area (Å²) in [6.45, 7) is 6.23. The van der Waals surface area contributed by atoms with Crippen molar-refractivity contribution in [3.8, 4) is 0 Å². The van der Waals surface area contributed by atoms with Crippen molar-refractivity contribution < 1.29 is 4.74 Å². The average molecular weight is 261 g/mol. The lowest BCUT2D eigenvalue weighted by atomic mass is 10.1. The fraction of sp³-hybridized carbons (Fsp3) is 0.538. The Morgan fingerprint density at radius 3 is 3.11 bits per heavy atom. The van der Waals surface area contributed by atoms with E-state index >= 15 is 0 Å². The van der Waals surface area contributed by atoms with E-state index < -0.39 is 0 Å². The summed E-state index contributed by atoms with van der Waals surface area (Å²) >= 11 is 0. The molecule has 0 aromatic carbocycles. The third-order valence-corrected chi connectivity index (χ3v) is 3.35. The topological polar surface area (TPSA) is 68.7 Å². The minimum atomic E-state index is -0.225. The van der Waals surface area contributed by atoms with Gasteiger partial charge in [-0.15, -0.1) is 0 Å². The minimum absolute atomic E-state index is 0.0359. The van der Waals surface area contributed by atoms with Crippen LogP contribution in [0.1, 0.15) is 13.8 Å². The van der Waals surface area contributed by atoms with Gasteiger partial charge in [-0.2, -0.15) is 5.10 Å². The van der Waals surface area contributed by atoms with Gasteiger partial charge in [0.1, 0.15) is 5.52 Å². The Morgan fingerprint density at radius 2 is 2.32 bits per heavy atom. The largest absolute Gasteiger partial charge is 0.367 e. The fourth-order valence-corrected chi connectivity index (χ4v) is 2.67. The van der Waals surface area contributed by atoms with Gasteiger partial charge in [-0.25, -0.2) is 9.50 Å². The molecule has 0 amide bonds. The minimum Gasteiger partial charge on any atom is -0.367 e. The van der Waals surface area contributed by atoms with Gasteiger partial charge in [0.15, 0.2) is 5.82 Å². The molecule has 19 heavy (non-hydrogen) atoms. The highest BCUT2D eigenvalue weighted by atomic mass is 16.5. The van der Waals surface area contributed by atoms with Crippen LogP contribution in [0.5, 0.6) is 0 Å². The number of nitrogens with two attached hydrogens (primary N) is 1. The molecule has 1 aliphatic rings. The molecule has 0 aliphatic carbocycles. The first-order valence-corrected chi connectivity index (χ1v) is 6.50. The van der Waals surface area contributed by atoms with Gasteiger partial charge in [-0.3, -0.25) is 0 Å². The van der Waals surface area contributed by atoms with Crippen LogP contribution in [0.2, 0.25) is 0 Å². The lowest BCUT2D eigenvalue weighted by Gasteiger charge is -2.43. The average Bonchev–Trinajstić information content (AvgIpc) is 2.84. The molecule has 0 radical (unpaired) electrons. The van der Waals surface area contributed by atoms with Gasteiger partial charge in [-0.05, 0) is 19.9 Å². The van der Waals surface area contributed by atoms with Crippen molar-refractivity contribution in [2.45, 2.75) is 25.6 Å². The van der Waals surface area contributed by atoms with Crippen molar-refractivity contribution >= 4 is 11.3 Å². The molecule has 1 unspecified atom stereocenters. The van der Waals surface area contributed by atoms with Crippen molar-refractivity contribution in [3.05, 3.63) is 24.7 Å². The molecule has 2 N–H and O–H groups in total. The number of hydrogen-bond donors (Lipinski definition) is 1. The SMILES string of the molecule is CC1(C)CN(c2nccn3nccc23)CC(CN)O1. The van der Waals surface area contributed by atoms with Gasteiger partial charge >= 0.3 is 0 Å². The van der Waals surface area contributed by atoms with Gasteiger partial charge in [0.05, 0.1) is 17.9 Å². The molecule has 6 heteroatoms. The molecule has 0 saturated carbocycles. The molecule has 0 bridgehead atoms. The Hall–Kier alpha value is -1.66. The lowest BCUT2D eigenvalue weighted by Crippen LogP contribution is -2.55. The second-order valence-electron chi connectivity index (χ2n) is 5.53. The highest BCUT2D eigenvalue weighted by molar-refractivity contribution is 5.68. The quantitative estimate of drug-likeness (QED) is 0.860. The van der Waals surface area contributed by atoms with Gasteiger partial charge in [0, 0.05) is 32.0 Å². The molecule has 1 atom stereocenters. The number of morpholine rings is 1. The first-order chi connectivity index (χ1) is 9.09. The van der Waals surface area contributed by atoms with Crippen molar-refractivity contribution in [3.63, 3.8) is 0 Å². The van der Waals surface area contributed by atoms with Crippen molar-refractivity contribution in [1.29, 1.82) is 0 Å². The zero-order valence-electron chi connectivity index (χ0n) is 11.3. The predicted octanol–water partition coefficient (Wildman–Crippen LogP) is 0.672. The van der Waals surface area contributed by atoms with E-state index in [1.165, 1.54) is 0 Å². The molecule has 0 spiro atoms. The second kappa shape index (κ2) is 4.47. The maximum Gasteiger partial charge on any atom is 0.154 e. The summed E-state index contributed by atoms with van der Waals surface area (Å²) < 4.78 is 7.79. The summed E-state index contributed by atoms with van der Waals surface area (Å²) in [5, 5.41) is 4.24. The Labute approximate surface area is 112 Å². The van der Waals surface area contributed by atoms with E-state index in [-0.39, 0.29) is 11.7 Å². The van der Waals surface area contributed by atoms with Crippen LogP contribution in [0.15, 0.2) is 24.7 Å². The number of hydrogen-bond acceptors (Lipinski definition) is 5. The number of rotatable bonds is 2. The molecule has 1 saturated heterocycles. The number of ether oxygens (including phenoxy) is 1. The Kier molecular flexibility index (Phi) is 2.91. The second-order valence-corrected chi connectivity index (χ2v) is 5.53. The summed E-state index contributed by atoms with van der Waals surface area (Å²) in [7, 11) is 0.